The summed E-state index contributed by atoms with van der Waals surface area (Å²) in [5.74, 6) is -0.0290. The maximum absolute atomic E-state index is 13.3. The number of nitrogens with zero attached hydrogens (tertiary/aromatic N) is 2. The van der Waals surface area contributed by atoms with Gasteiger partial charge in [0.25, 0.3) is 0 Å². The number of benzene rings is 2. The second kappa shape index (κ2) is 9.73. The number of hydrogen-bond donors (Lipinski definition) is 2. The first-order valence-corrected chi connectivity index (χ1v) is 10.1. The van der Waals surface area contributed by atoms with Crippen molar-refractivity contribution < 1.29 is 24.5 Å². The van der Waals surface area contributed by atoms with E-state index in [0.717, 1.165) is 16.0 Å². The number of carboxylic acid groups (broad SMARTS) is 1. The summed E-state index contributed by atoms with van der Waals surface area (Å²) >= 11 is 0. The third kappa shape index (κ3) is 5.17. The molecule has 2 aromatic rings. The number of ether oxygens (including phenoxy) is 1. The van der Waals surface area contributed by atoms with Crippen molar-refractivity contribution in [2.45, 2.75) is 45.2 Å². The number of amides is 3. The van der Waals surface area contributed by atoms with Crippen molar-refractivity contribution >= 4 is 12.1 Å². The molecule has 1 fully saturated rings. The van der Waals surface area contributed by atoms with Crippen molar-refractivity contribution in [1.82, 2.24) is 9.80 Å². The normalized spacial score (nSPS) is 21.1. The Morgan fingerprint density at radius 1 is 1.00 bits per heavy atom. The fraction of sp³-hybridized carbons (Fsp3) is 0.391. The molecule has 1 heterocycles. The highest BCUT2D eigenvalue weighted by Crippen LogP contribution is 2.29. The molecule has 3 atom stereocenters. The number of carbonyl (C=O) groups excluding carboxylic acids is 1. The number of rotatable bonds is 6. The van der Waals surface area contributed by atoms with Crippen LogP contribution in [0.2, 0.25) is 0 Å². The molecular weight excluding hydrogens is 384 g/mol. The van der Waals surface area contributed by atoms with E-state index in [1.54, 1.807) is 0 Å². The molecule has 7 nitrogen and oxygen atoms in total. The molecule has 30 heavy (non-hydrogen) atoms. The van der Waals surface area contributed by atoms with E-state index in [0.29, 0.717) is 12.8 Å². The maximum Gasteiger partial charge on any atom is 0.415 e. The summed E-state index contributed by atoms with van der Waals surface area (Å²) in [5.41, 5.74) is 1.85. The number of hydrogen-bond acceptors (Lipinski definition) is 4. The van der Waals surface area contributed by atoms with Gasteiger partial charge in [-0.3, -0.25) is 4.90 Å². The molecule has 0 bridgehead atoms. The zero-order chi connectivity index (χ0) is 21.7. The van der Waals surface area contributed by atoms with E-state index in [4.69, 9.17) is 4.74 Å². The fourth-order valence-corrected chi connectivity index (χ4v) is 3.69. The molecule has 0 spiro atoms. The summed E-state index contributed by atoms with van der Waals surface area (Å²) < 4.78 is 5.76. The van der Waals surface area contributed by atoms with Crippen LogP contribution in [-0.4, -0.2) is 57.2 Å². The van der Waals surface area contributed by atoms with E-state index < -0.39 is 30.7 Å². The quantitative estimate of drug-likeness (QED) is 0.757. The molecule has 3 rings (SSSR count). The van der Waals surface area contributed by atoms with Crippen LogP contribution >= 0.6 is 0 Å². The van der Waals surface area contributed by atoms with Crippen molar-refractivity contribution in [2.75, 3.05) is 6.54 Å². The average molecular weight is 412 g/mol. The molecule has 7 heteroatoms. The predicted molar refractivity (Wildman–Crippen MR) is 112 cm³/mol. The lowest BCUT2D eigenvalue weighted by Crippen LogP contribution is -2.53. The molecule has 1 aliphatic rings. The lowest BCUT2D eigenvalue weighted by molar-refractivity contribution is -0.0993. The molecule has 1 aliphatic heterocycles. The number of aliphatic hydroxyl groups is 1. The van der Waals surface area contributed by atoms with Crippen LogP contribution < -0.4 is 0 Å². The third-order valence-corrected chi connectivity index (χ3v) is 5.06. The number of carbonyl (C=O) groups is 2. The highest BCUT2D eigenvalue weighted by molar-refractivity contribution is 5.90. The molecule has 2 aromatic carbocycles. The SMILES string of the molecule is CC(C)CN(C(=O)O)C(=O)N1C(Cc2ccccc2)OC(O)C1Cc1ccccc1. The Labute approximate surface area is 176 Å². The van der Waals surface area contributed by atoms with Crippen LogP contribution in [0.3, 0.4) is 0 Å². The van der Waals surface area contributed by atoms with E-state index in [2.05, 4.69) is 0 Å². The molecule has 3 amide bonds. The largest absolute Gasteiger partial charge is 0.465 e. The van der Waals surface area contributed by atoms with Crippen LogP contribution in [-0.2, 0) is 17.6 Å². The summed E-state index contributed by atoms with van der Waals surface area (Å²) in [7, 11) is 0. The standard InChI is InChI=1S/C23H28N2O5/c1-16(2)15-24(23(28)29)22(27)25-19(13-17-9-5-3-6-10-17)21(26)30-20(25)14-18-11-7-4-8-12-18/h3-12,16,19-21,26H,13-15H2,1-2H3,(H,28,29). The van der Waals surface area contributed by atoms with Crippen LogP contribution in [0.25, 0.3) is 0 Å². The lowest BCUT2D eigenvalue weighted by Gasteiger charge is -2.32. The predicted octanol–water partition coefficient (Wildman–Crippen LogP) is 3.57. The van der Waals surface area contributed by atoms with Crippen LogP contribution in [0.4, 0.5) is 9.59 Å². The summed E-state index contributed by atoms with van der Waals surface area (Å²) in [4.78, 5) is 27.4. The minimum absolute atomic E-state index is 0.0290. The van der Waals surface area contributed by atoms with Crippen LogP contribution in [0.1, 0.15) is 25.0 Å². The smallest absolute Gasteiger partial charge is 0.415 e. The van der Waals surface area contributed by atoms with Crippen LogP contribution in [0.15, 0.2) is 60.7 Å². The van der Waals surface area contributed by atoms with E-state index in [1.807, 2.05) is 74.5 Å². The van der Waals surface area contributed by atoms with Gasteiger partial charge in [0.1, 0.15) is 6.23 Å². The van der Waals surface area contributed by atoms with Crippen molar-refractivity contribution in [2.24, 2.45) is 5.92 Å². The first-order valence-electron chi connectivity index (χ1n) is 10.1. The minimum Gasteiger partial charge on any atom is -0.465 e. The van der Waals surface area contributed by atoms with Gasteiger partial charge in [-0.15, -0.1) is 0 Å². The average Bonchev–Trinajstić information content (AvgIpc) is 3.01. The molecule has 3 unspecified atom stereocenters. The lowest BCUT2D eigenvalue weighted by atomic mass is 10.0. The highest BCUT2D eigenvalue weighted by Gasteiger charge is 2.46. The van der Waals surface area contributed by atoms with Crippen molar-refractivity contribution in [3.8, 4) is 0 Å². The van der Waals surface area contributed by atoms with Crippen molar-refractivity contribution in [1.29, 1.82) is 0 Å². The first kappa shape index (κ1) is 21.8. The second-order valence-corrected chi connectivity index (χ2v) is 7.90. The van der Waals surface area contributed by atoms with Gasteiger partial charge in [-0.2, -0.15) is 0 Å². The van der Waals surface area contributed by atoms with Crippen LogP contribution in [0.5, 0.6) is 0 Å². The Bertz CT molecular complexity index is 843. The second-order valence-electron chi connectivity index (χ2n) is 7.90. The van der Waals surface area contributed by atoms with Gasteiger partial charge in [-0.25, -0.2) is 14.5 Å². The minimum atomic E-state index is -1.31. The summed E-state index contributed by atoms with van der Waals surface area (Å²) in [6, 6.07) is 17.6. The van der Waals surface area contributed by atoms with Gasteiger partial charge >= 0.3 is 12.1 Å². The topological polar surface area (TPSA) is 90.3 Å². The highest BCUT2D eigenvalue weighted by atomic mass is 16.6. The fourth-order valence-electron chi connectivity index (χ4n) is 3.69. The Balaban J connectivity index is 1.91. The summed E-state index contributed by atoms with van der Waals surface area (Å²) in [6.45, 7) is 3.76. The van der Waals surface area contributed by atoms with Crippen molar-refractivity contribution in [3.05, 3.63) is 71.8 Å². The van der Waals surface area contributed by atoms with Gasteiger partial charge in [0.05, 0.1) is 6.04 Å². The molecule has 0 radical (unpaired) electrons. The van der Waals surface area contributed by atoms with Gasteiger partial charge in [0, 0.05) is 13.0 Å². The monoisotopic (exact) mass is 412 g/mol. The van der Waals surface area contributed by atoms with Gasteiger partial charge in [-0.05, 0) is 23.5 Å². The van der Waals surface area contributed by atoms with Gasteiger partial charge in [-0.1, -0.05) is 74.5 Å². The first-order chi connectivity index (χ1) is 14.4. The molecule has 0 saturated carbocycles. The Morgan fingerprint density at radius 2 is 1.53 bits per heavy atom. The Kier molecular flexibility index (Phi) is 7.07. The third-order valence-electron chi connectivity index (χ3n) is 5.06. The Morgan fingerprint density at radius 3 is 2.03 bits per heavy atom. The van der Waals surface area contributed by atoms with Gasteiger partial charge in [0.15, 0.2) is 6.29 Å². The van der Waals surface area contributed by atoms with Crippen molar-refractivity contribution in [3.63, 3.8) is 0 Å². The number of imide groups is 1. The molecule has 1 saturated heterocycles. The zero-order valence-corrected chi connectivity index (χ0v) is 17.2. The molecule has 0 aliphatic carbocycles. The summed E-state index contributed by atoms with van der Waals surface area (Å²) in [6.07, 6.45) is -2.58. The molecule has 160 valence electrons. The Hall–Kier alpha value is -2.90. The number of urea groups is 1. The van der Waals surface area contributed by atoms with Crippen LogP contribution in [0, 0.1) is 5.92 Å². The van der Waals surface area contributed by atoms with E-state index in [9.17, 15) is 19.8 Å². The van der Waals surface area contributed by atoms with Gasteiger partial charge < -0.3 is 14.9 Å². The zero-order valence-electron chi connectivity index (χ0n) is 17.2. The summed E-state index contributed by atoms with van der Waals surface area (Å²) in [5, 5.41) is 20.3. The molecular formula is C23H28N2O5. The molecule has 2 N–H and O–H groups in total. The van der Waals surface area contributed by atoms with E-state index in [-0.39, 0.29) is 12.5 Å². The molecule has 0 aromatic heterocycles. The number of aliphatic hydroxyl groups excluding tert-OH is 1. The van der Waals surface area contributed by atoms with E-state index in [1.165, 1.54) is 4.90 Å². The van der Waals surface area contributed by atoms with E-state index >= 15 is 0 Å². The van der Waals surface area contributed by atoms with Gasteiger partial charge in [0.2, 0.25) is 0 Å². The maximum atomic E-state index is 13.3.